The summed E-state index contributed by atoms with van der Waals surface area (Å²) in [5, 5.41) is 6.27. The number of hydrogen-bond acceptors (Lipinski definition) is 3. The highest BCUT2D eigenvalue weighted by molar-refractivity contribution is 6.30. The van der Waals surface area contributed by atoms with Gasteiger partial charge < -0.3 is 15.4 Å². The lowest BCUT2D eigenvalue weighted by Gasteiger charge is -2.23. The van der Waals surface area contributed by atoms with Crippen molar-refractivity contribution in [2.75, 3.05) is 6.61 Å². The van der Waals surface area contributed by atoms with Crippen LogP contribution in [0.3, 0.4) is 0 Å². The largest absolute Gasteiger partial charge is 0.484 e. The van der Waals surface area contributed by atoms with E-state index in [2.05, 4.69) is 10.6 Å². The average molecular weight is 389 g/mol. The van der Waals surface area contributed by atoms with Crippen LogP contribution in [-0.2, 0) is 16.1 Å². The molecular weight excluding hydrogens is 364 g/mol. The molecule has 2 unspecified atom stereocenters. The highest BCUT2D eigenvalue weighted by Crippen LogP contribution is 2.15. The first-order valence-electron chi connectivity index (χ1n) is 8.99. The van der Waals surface area contributed by atoms with Crippen LogP contribution in [0.4, 0.5) is 0 Å². The minimum absolute atomic E-state index is 0.000236. The third-order valence-electron chi connectivity index (χ3n) is 4.31. The van der Waals surface area contributed by atoms with E-state index in [1.165, 1.54) is 0 Å². The average Bonchev–Trinajstić information content (AvgIpc) is 2.70. The Morgan fingerprint density at radius 3 is 2.37 bits per heavy atom. The Labute approximate surface area is 165 Å². The van der Waals surface area contributed by atoms with Crippen LogP contribution < -0.4 is 15.4 Å². The van der Waals surface area contributed by atoms with Gasteiger partial charge >= 0.3 is 0 Å². The second-order valence-corrected chi connectivity index (χ2v) is 6.81. The summed E-state index contributed by atoms with van der Waals surface area (Å²) in [5.41, 5.74) is 1.01. The number of carbonyl (C=O) groups is 2. The standard InChI is InChI=1S/C21H25ClN2O3/c1-3-15(2)20(21(26)23-13-16-7-5-4-6-8-16)24-19(25)14-27-18-11-9-17(22)10-12-18/h4-12,15,20H,3,13-14H2,1-2H3,(H,23,26)(H,24,25). The number of halogens is 1. The summed E-state index contributed by atoms with van der Waals surface area (Å²) in [7, 11) is 0. The zero-order chi connectivity index (χ0) is 19.6. The van der Waals surface area contributed by atoms with Gasteiger partial charge in [0.15, 0.2) is 6.61 Å². The van der Waals surface area contributed by atoms with Crippen molar-refractivity contribution in [3.8, 4) is 5.75 Å². The maximum atomic E-state index is 12.6. The molecular formula is C21H25ClN2O3. The van der Waals surface area contributed by atoms with Gasteiger partial charge in [0, 0.05) is 11.6 Å². The second kappa shape index (κ2) is 10.6. The maximum absolute atomic E-state index is 12.6. The van der Waals surface area contributed by atoms with Gasteiger partial charge in [0.1, 0.15) is 11.8 Å². The molecule has 0 aromatic heterocycles. The van der Waals surface area contributed by atoms with Crippen LogP contribution >= 0.6 is 11.6 Å². The number of amides is 2. The number of benzene rings is 2. The smallest absolute Gasteiger partial charge is 0.258 e. The molecule has 0 aliphatic rings. The molecule has 0 saturated carbocycles. The molecule has 2 N–H and O–H groups in total. The van der Waals surface area contributed by atoms with Gasteiger partial charge in [0.25, 0.3) is 5.91 Å². The molecule has 27 heavy (non-hydrogen) atoms. The van der Waals surface area contributed by atoms with E-state index >= 15 is 0 Å². The van der Waals surface area contributed by atoms with Crippen molar-refractivity contribution in [3.63, 3.8) is 0 Å². The molecule has 2 aromatic rings. The minimum atomic E-state index is -0.611. The van der Waals surface area contributed by atoms with Crippen LogP contribution in [0.15, 0.2) is 54.6 Å². The van der Waals surface area contributed by atoms with Gasteiger partial charge in [0.05, 0.1) is 0 Å². The van der Waals surface area contributed by atoms with Gasteiger partial charge in [-0.05, 0) is 35.7 Å². The summed E-state index contributed by atoms with van der Waals surface area (Å²) in [5.74, 6) is 0.00146. The highest BCUT2D eigenvalue weighted by atomic mass is 35.5. The number of ether oxygens (including phenoxy) is 1. The monoisotopic (exact) mass is 388 g/mol. The molecule has 0 radical (unpaired) electrons. The van der Waals surface area contributed by atoms with Gasteiger partial charge in [-0.1, -0.05) is 62.2 Å². The third kappa shape index (κ3) is 6.94. The number of nitrogens with one attached hydrogen (secondary N) is 2. The predicted octanol–water partition coefficient (Wildman–Crippen LogP) is 3.57. The van der Waals surface area contributed by atoms with E-state index in [-0.39, 0.29) is 24.3 Å². The molecule has 144 valence electrons. The highest BCUT2D eigenvalue weighted by Gasteiger charge is 2.25. The molecule has 2 amide bonds. The molecule has 2 atom stereocenters. The Morgan fingerprint density at radius 1 is 1.07 bits per heavy atom. The molecule has 0 heterocycles. The normalized spacial score (nSPS) is 12.7. The lowest BCUT2D eigenvalue weighted by atomic mass is 9.98. The van der Waals surface area contributed by atoms with Crippen molar-refractivity contribution < 1.29 is 14.3 Å². The molecule has 2 aromatic carbocycles. The summed E-state index contributed by atoms with van der Waals surface area (Å²) in [4.78, 5) is 24.8. The SMILES string of the molecule is CCC(C)C(NC(=O)COc1ccc(Cl)cc1)C(=O)NCc1ccccc1. The van der Waals surface area contributed by atoms with Crippen LogP contribution in [0.2, 0.25) is 5.02 Å². The first kappa shape index (κ1) is 20.8. The van der Waals surface area contributed by atoms with E-state index in [1.807, 2.05) is 44.2 Å². The zero-order valence-electron chi connectivity index (χ0n) is 15.6. The summed E-state index contributed by atoms with van der Waals surface area (Å²) >= 11 is 5.82. The summed E-state index contributed by atoms with van der Waals surface area (Å²) in [6.07, 6.45) is 0.766. The fourth-order valence-electron chi connectivity index (χ4n) is 2.49. The van der Waals surface area contributed by atoms with Crippen LogP contribution in [-0.4, -0.2) is 24.5 Å². The van der Waals surface area contributed by atoms with Crippen LogP contribution in [0.5, 0.6) is 5.75 Å². The van der Waals surface area contributed by atoms with Crippen molar-refractivity contribution in [2.24, 2.45) is 5.92 Å². The lowest BCUT2D eigenvalue weighted by Crippen LogP contribution is -2.51. The van der Waals surface area contributed by atoms with Gasteiger partial charge in [-0.3, -0.25) is 9.59 Å². The van der Waals surface area contributed by atoms with Gasteiger partial charge in [-0.2, -0.15) is 0 Å². The third-order valence-corrected chi connectivity index (χ3v) is 4.56. The van der Waals surface area contributed by atoms with E-state index in [0.29, 0.717) is 17.3 Å². The molecule has 0 fully saturated rings. The van der Waals surface area contributed by atoms with Crippen molar-refractivity contribution in [1.29, 1.82) is 0 Å². The van der Waals surface area contributed by atoms with Gasteiger partial charge in [-0.25, -0.2) is 0 Å². The first-order valence-corrected chi connectivity index (χ1v) is 9.36. The Balaban J connectivity index is 1.89. The minimum Gasteiger partial charge on any atom is -0.484 e. The van der Waals surface area contributed by atoms with Crippen LogP contribution in [0, 0.1) is 5.92 Å². The molecule has 0 bridgehead atoms. The quantitative estimate of drug-likeness (QED) is 0.690. The molecule has 0 aliphatic heterocycles. The van der Waals surface area contributed by atoms with Crippen LogP contribution in [0.1, 0.15) is 25.8 Å². The second-order valence-electron chi connectivity index (χ2n) is 6.38. The summed E-state index contributed by atoms with van der Waals surface area (Å²) in [6, 6.07) is 15.8. The van der Waals surface area contributed by atoms with Crippen molar-refractivity contribution >= 4 is 23.4 Å². The lowest BCUT2D eigenvalue weighted by molar-refractivity contribution is -0.131. The van der Waals surface area contributed by atoms with E-state index in [1.54, 1.807) is 24.3 Å². The van der Waals surface area contributed by atoms with Gasteiger partial charge in [-0.15, -0.1) is 0 Å². The Hall–Kier alpha value is -2.53. The van der Waals surface area contributed by atoms with Crippen molar-refractivity contribution in [3.05, 3.63) is 65.2 Å². The van der Waals surface area contributed by atoms with E-state index in [9.17, 15) is 9.59 Å². The van der Waals surface area contributed by atoms with E-state index in [0.717, 1.165) is 12.0 Å². The molecule has 5 nitrogen and oxygen atoms in total. The molecule has 0 saturated heterocycles. The summed E-state index contributed by atoms with van der Waals surface area (Å²) < 4.78 is 5.44. The van der Waals surface area contributed by atoms with Crippen LogP contribution in [0.25, 0.3) is 0 Å². The number of rotatable bonds is 9. The molecule has 6 heteroatoms. The van der Waals surface area contributed by atoms with Crippen molar-refractivity contribution in [1.82, 2.24) is 10.6 Å². The topological polar surface area (TPSA) is 67.4 Å². The molecule has 2 rings (SSSR count). The summed E-state index contributed by atoms with van der Waals surface area (Å²) in [6.45, 7) is 4.18. The predicted molar refractivity (Wildman–Crippen MR) is 107 cm³/mol. The Bertz CT molecular complexity index is 735. The Morgan fingerprint density at radius 2 is 1.74 bits per heavy atom. The maximum Gasteiger partial charge on any atom is 0.258 e. The number of carbonyl (C=O) groups excluding carboxylic acids is 2. The number of hydrogen-bond donors (Lipinski definition) is 2. The van der Waals surface area contributed by atoms with E-state index < -0.39 is 6.04 Å². The zero-order valence-corrected chi connectivity index (χ0v) is 16.3. The van der Waals surface area contributed by atoms with Gasteiger partial charge in [0.2, 0.25) is 5.91 Å². The molecule has 0 spiro atoms. The fourth-order valence-corrected chi connectivity index (χ4v) is 2.62. The first-order chi connectivity index (χ1) is 13.0. The van der Waals surface area contributed by atoms with E-state index in [4.69, 9.17) is 16.3 Å². The molecule has 0 aliphatic carbocycles. The fraction of sp³-hybridized carbons (Fsp3) is 0.333. The van der Waals surface area contributed by atoms with Crippen molar-refractivity contribution in [2.45, 2.75) is 32.9 Å². The Kier molecular flexibility index (Phi) is 8.14.